The van der Waals surface area contributed by atoms with E-state index in [9.17, 15) is 8.42 Å². The Balaban J connectivity index is 2.17. The molecule has 2 aromatic rings. The zero-order valence-corrected chi connectivity index (χ0v) is 12.6. The first-order valence-electron chi connectivity index (χ1n) is 5.81. The average molecular weight is 329 g/mol. The highest BCUT2D eigenvalue weighted by Crippen LogP contribution is 2.17. The second-order valence-corrected chi connectivity index (χ2v) is 6.27. The first kappa shape index (κ1) is 15.3. The Hall–Kier alpha value is -2.06. The van der Waals surface area contributed by atoms with Gasteiger partial charge in [-0.05, 0) is 17.7 Å². The monoisotopic (exact) mass is 328 g/mol. The zero-order valence-electron chi connectivity index (χ0n) is 11.1. The van der Waals surface area contributed by atoms with E-state index < -0.39 is 10.0 Å². The van der Waals surface area contributed by atoms with E-state index in [2.05, 4.69) is 14.7 Å². The van der Waals surface area contributed by atoms with Crippen molar-refractivity contribution in [3.63, 3.8) is 0 Å². The van der Waals surface area contributed by atoms with Gasteiger partial charge < -0.3 is 10.5 Å². The number of benzene rings is 1. The summed E-state index contributed by atoms with van der Waals surface area (Å²) >= 11 is 5.76. The molecule has 112 valence electrons. The number of methoxy groups -OCH3 is 1. The van der Waals surface area contributed by atoms with Crippen molar-refractivity contribution in [1.82, 2.24) is 9.97 Å². The lowest BCUT2D eigenvalue weighted by Crippen LogP contribution is -2.17. The summed E-state index contributed by atoms with van der Waals surface area (Å²) in [6.07, 6.45) is 0. The summed E-state index contributed by atoms with van der Waals surface area (Å²) in [4.78, 5) is 7.65. The van der Waals surface area contributed by atoms with Crippen molar-refractivity contribution in [2.45, 2.75) is 5.75 Å². The molecule has 1 aromatic carbocycles. The molecule has 0 aliphatic heterocycles. The van der Waals surface area contributed by atoms with Crippen LogP contribution in [0.15, 0.2) is 30.3 Å². The van der Waals surface area contributed by atoms with Crippen molar-refractivity contribution in [2.24, 2.45) is 0 Å². The van der Waals surface area contributed by atoms with Crippen LogP contribution in [0.25, 0.3) is 0 Å². The maximum atomic E-state index is 12.1. The first-order chi connectivity index (χ1) is 9.88. The molecule has 0 saturated heterocycles. The van der Waals surface area contributed by atoms with E-state index >= 15 is 0 Å². The van der Waals surface area contributed by atoms with E-state index in [0.29, 0.717) is 11.3 Å². The molecule has 0 spiro atoms. The highest BCUT2D eigenvalue weighted by atomic mass is 35.5. The molecule has 7 nitrogen and oxygen atoms in total. The van der Waals surface area contributed by atoms with Crippen molar-refractivity contribution in [2.75, 3.05) is 17.6 Å². The van der Waals surface area contributed by atoms with Crippen molar-refractivity contribution in [3.05, 3.63) is 41.0 Å². The minimum absolute atomic E-state index is 0.0760. The van der Waals surface area contributed by atoms with Gasteiger partial charge in [0.05, 0.1) is 12.9 Å². The Kier molecular flexibility index (Phi) is 4.49. The molecule has 0 unspecified atom stereocenters. The molecule has 0 atom stereocenters. The Bertz CT molecular complexity index is 735. The molecule has 0 saturated carbocycles. The van der Waals surface area contributed by atoms with Crippen LogP contribution in [0, 0.1) is 0 Å². The molecule has 21 heavy (non-hydrogen) atoms. The standard InChI is InChI=1S/C12H13ClN4O3S/c1-20-11-6-10(13)15-12(16-11)17-21(18,19)7-8-2-4-9(14)5-3-8/h2-6H,7,14H2,1H3,(H,15,16,17). The van der Waals surface area contributed by atoms with Gasteiger partial charge in [-0.1, -0.05) is 23.7 Å². The Morgan fingerprint density at radius 2 is 1.95 bits per heavy atom. The van der Waals surface area contributed by atoms with Crippen LogP contribution >= 0.6 is 11.6 Å². The molecule has 1 heterocycles. The first-order valence-corrected chi connectivity index (χ1v) is 7.84. The minimum atomic E-state index is -3.67. The van der Waals surface area contributed by atoms with Crippen molar-refractivity contribution < 1.29 is 13.2 Å². The number of hydrogen-bond donors (Lipinski definition) is 2. The lowest BCUT2D eigenvalue weighted by Gasteiger charge is -2.08. The predicted octanol–water partition coefficient (Wildman–Crippen LogP) is 1.66. The largest absolute Gasteiger partial charge is 0.481 e. The number of aromatic nitrogens is 2. The molecule has 0 radical (unpaired) electrons. The predicted molar refractivity (Wildman–Crippen MR) is 80.7 cm³/mol. The number of nitrogen functional groups attached to an aromatic ring is 1. The van der Waals surface area contributed by atoms with Crippen LogP contribution in [-0.2, 0) is 15.8 Å². The van der Waals surface area contributed by atoms with Gasteiger partial charge in [0.2, 0.25) is 21.9 Å². The number of nitrogens with one attached hydrogen (secondary N) is 1. The molecular formula is C12H13ClN4O3S. The second-order valence-electron chi connectivity index (χ2n) is 4.16. The number of ether oxygens (including phenoxy) is 1. The summed E-state index contributed by atoms with van der Waals surface area (Å²) in [5.74, 6) is -0.208. The van der Waals surface area contributed by atoms with E-state index in [1.54, 1.807) is 24.3 Å². The molecular weight excluding hydrogens is 316 g/mol. The van der Waals surface area contributed by atoms with Crippen LogP contribution in [0.4, 0.5) is 11.6 Å². The van der Waals surface area contributed by atoms with Gasteiger partial charge in [-0.2, -0.15) is 4.98 Å². The van der Waals surface area contributed by atoms with Gasteiger partial charge in [0, 0.05) is 11.8 Å². The van der Waals surface area contributed by atoms with Crippen molar-refractivity contribution in [1.29, 1.82) is 0 Å². The number of nitrogens with zero attached hydrogens (tertiary/aromatic N) is 2. The number of nitrogens with two attached hydrogens (primary N) is 1. The number of halogens is 1. The molecule has 9 heteroatoms. The Labute approximate surface area is 127 Å². The third-order valence-corrected chi connectivity index (χ3v) is 3.86. The van der Waals surface area contributed by atoms with Crippen LogP contribution in [0.5, 0.6) is 5.88 Å². The van der Waals surface area contributed by atoms with E-state index in [-0.39, 0.29) is 22.7 Å². The summed E-state index contributed by atoms with van der Waals surface area (Å²) < 4.78 is 31.3. The summed E-state index contributed by atoms with van der Waals surface area (Å²) in [5, 5.41) is 0.0760. The van der Waals surface area contributed by atoms with Crippen LogP contribution in [-0.4, -0.2) is 25.5 Å². The lowest BCUT2D eigenvalue weighted by molar-refractivity contribution is 0.397. The smallest absolute Gasteiger partial charge is 0.241 e. The van der Waals surface area contributed by atoms with Gasteiger partial charge >= 0.3 is 0 Å². The van der Waals surface area contributed by atoms with E-state index in [4.69, 9.17) is 22.1 Å². The van der Waals surface area contributed by atoms with Crippen LogP contribution in [0.3, 0.4) is 0 Å². The highest BCUT2D eigenvalue weighted by molar-refractivity contribution is 7.91. The van der Waals surface area contributed by atoms with Gasteiger partial charge in [-0.15, -0.1) is 0 Å². The molecule has 0 aliphatic carbocycles. The van der Waals surface area contributed by atoms with Gasteiger partial charge in [-0.25, -0.2) is 13.4 Å². The maximum Gasteiger partial charge on any atom is 0.241 e. The summed E-state index contributed by atoms with van der Waals surface area (Å²) in [6.45, 7) is 0. The molecule has 3 N–H and O–H groups in total. The third-order valence-electron chi connectivity index (χ3n) is 2.46. The summed E-state index contributed by atoms with van der Waals surface area (Å²) in [7, 11) is -2.28. The Morgan fingerprint density at radius 1 is 1.29 bits per heavy atom. The maximum absolute atomic E-state index is 12.1. The highest BCUT2D eigenvalue weighted by Gasteiger charge is 2.14. The zero-order chi connectivity index (χ0) is 15.5. The summed E-state index contributed by atoms with van der Waals surface area (Å²) in [6, 6.07) is 7.90. The van der Waals surface area contributed by atoms with Gasteiger partial charge in [-0.3, -0.25) is 4.72 Å². The molecule has 0 bridgehead atoms. The second kappa shape index (κ2) is 6.15. The molecule has 0 amide bonds. The fourth-order valence-electron chi connectivity index (χ4n) is 1.56. The number of rotatable bonds is 5. The fourth-order valence-corrected chi connectivity index (χ4v) is 2.80. The van der Waals surface area contributed by atoms with Crippen molar-refractivity contribution in [3.8, 4) is 5.88 Å². The van der Waals surface area contributed by atoms with E-state index in [1.165, 1.54) is 13.2 Å². The quantitative estimate of drug-likeness (QED) is 0.638. The van der Waals surface area contributed by atoms with Crippen LogP contribution < -0.4 is 15.2 Å². The molecule has 1 aromatic heterocycles. The fraction of sp³-hybridized carbons (Fsp3) is 0.167. The van der Waals surface area contributed by atoms with Crippen molar-refractivity contribution >= 4 is 33.3 Å². The third kappa shape index (κ3) is 4.47. The van der Waals surface area contributed by atoms with Gasteiger partial charge in [0.25, 0.3) is 0 Å². The number of anilines is 2. The lowest BCUT2D eigenvalue weighted by atomic mass is 10.2. The minimum Gasteiger partial charge on any atom is -0.481 e. The van der Waals surface area contributed by atoms with E-state index in [0.717, 1.165) is 0 Å². The normalized spacial score (nSPS) is 11.1. The molecule has 0 fully saturated rings. The number of hydrogen-bond acceptors (Lipinski definition) is 6. The average Bonchev–Trinajstić information content (AvgIpc) is 2.39. The van der Waals surface area contributed by atoms with Crippen LogP contribution in [0.2, 0.25) is 5.15 Å². The molecule has 2 rings (SSSR count). The topological polar surface area (TPSA) is 107 Å². The van der Waals surface area contributed by atoms with Gasteiger partial charge in [0.15, 0.2) is 0 Å². The van der Waals surface area contributed by atoms with Crippen LogP contribution in [0.1, 0.15) is 5.56 Å². The summed E-state index contributed by atoms with van der Waals surface area (Å²) in [5.41, 5.74) is 6.70. The van der Waals surface area contributed by atoms with Gasteiger partial charge in [0.1, 0.15) is 5.15 Å². The Morgan fingerprint density at radius 3 is 2.57 bits per heavy atom. The number of sulfonamides is 1. The SMILES string of the molecule is COc1cc(Cl)nc(NS(=O)(=O)Cc2ccc(N)cc2)n1. The van der Waals surface area contributed by atoms with E-state index in [1.807, 2.05) is 0 Å². The molecule has 0 aliphatic rings.